The van der Waals surface area contributed by atoms with Crippen LogP contribution in [-0.4, -0.2) is 31.7 Å². The van der Waals surface area contributed by atoms with Crippen LogP contribution in [-0.2, 0) is 9.53 Å². The zero-order valence-corrected chi connectivity index (χ0v) is 12.5. The predicted octanol–water partition coefficient (Wildman–Crippen LogP) is 2.07. The smallest absolute Gasteiger partial charge is 0.224 e. The molecular weight excluding hydrogens is 240 g/mol. The molecule has 0 radical (unpaired) electrons. The van der Waals surface area contributed by atoms with Gasteiger partial charge in [-0.15, -0.1) is 0 Å². The van der Waals surface area contributed by atoms with Gasteiger partial charge in [0.25, 0.3) is 0 Å². The van der Waals surface area contributed by atoms with E-state index in [9.17, 15) is 4.79 Å². The first-order chi connectivity index (χ1) is 9.11. The van der Waals surface area contributed by atoms with Crippen molar-refractivity contribution in [1.82, 2.24) is 5.32 Å². The molecule has 1 saturated carbocycles. The van der Waals surface area contributed by atoms with Gasteiger partial charge in [-0.05, 0) is 25.2 Å². The Morgan fingerprint density at radius 2 is 2.00 bits per heavy atom. The fourth-order valence-electron chi connectivity index (χ4n) is 2.46. The standard InChI is InChI=1S/C15H30N2O2/c1-12(2)8-10-19-11-9-17-15(18)13-6-4-3-5-7-14(13)16/h12-14H,3-11,16H2,1-2H3,(H,17,18). The molecule has 1 aliphatic rings. The average molecular weight is 270 g/mol. The maximum absolute atomic E-state index is 12.1. The van der Waals surface area contributed by atoms with E-state index in [1.807, 2.05) is 0 Å². The zero-order valence-electron chi connectivity index (χ0n) is 12.5. The Hall–Kier alpha value is -0.610. The van der Waals surface area contributed by atoms with E-state index in [4.69, 9.17) is 10.5 Å². The number of hydrogen-bond acceptors (Lipinski definition) is 3. The van der Waals surface area contributed by atoms with Crippen molar-refractivity contribution in [3.05, 3.63) is 0 Å². The molecule has 3 N–H and O–H groups in total. The number of amides is 1. The van der Waals surface area contributed by atoms with Crippen LogP contribution < -0.4 is 11.1 Å². The summed E-state index contributed by atoms with van der Waals surface area (Å²) in [6.45, 7) is 6.33. The highest BCUT2D eigenvalue weighted by Crippen LogP contribution is 2.22. The zero-order chi connectivity index (χ0) is 14.1. The van der Waals surface area contributed by atoms with Gasteiger partial charge in [-0.2, -0.15) is 0 Å². The fraction of sp³-hybridized carbons (Fsp3) is 0.933. The normalized spacial score (nSPS) is 24.2. The molecule has 0 bridgehead atoms. The van der Waals surface area contributed by atoms with Crippen molar-refractivity contribution in [2.45, 2.75) is 58.4 Å². The van der Waals surface area contributed by atoms with Crippen molar-refractivity contribution in [3.63, 3.8) is 0 Å². The summed E-state index contributed by atoms with van der Waals surface area (Å²) in [4.78, 5) is 12.1. The van der Waals surface area contributed by atoms with Crippen molar-refractivity contribution in [1.29, 1.82) is 0 Å². The highest BCUT2D eigenvalue weighted by atomic mass is 16.5. The third-order valence-corrected chi connectivity index (χ3v) is 3.79. The Bertz CT molecular complexity index is 257. The molecule has 0 aromatic heterocycles. The molecule has 4 heteroatoms. The minimum atomic E-state index is -0.00170. The molecule has 112 valence electrons. The van der Waals surface area contributed by atoms with E-state index in [2.05, 4.69) is 19.2 Å². The lowest BCUT2D eigenvalue weighted by Crippen LogP contribution is -2.42. The molecule has 19 heavy (non-hydrogen) atoms. The van der Waals surface area contributed by atoms with E-state index in [0.717, 1.165) is 38.7 Å². The van der Waals surface area contributed by atoms with Crippen LogP contribution in [0.4, 0.5) is 0 Å². The lowest BCUT2D eigenvalue weighted by Gasteiger charge is -2.20. The molecule has 1 amide bonds. The van der Waals surface area contributed by atoms with Crippen LogP contribution in [0.1, 0.15) is 52.4 Å². The number of hydrogen-bond donors (Lipinski definition) is 2. The number of ether oxygens (including phenoxy) is 1. The van der Waals surface area contributed by atoms with Gasteiger partial charge in [0.1, 0.15) is 0 Å². The number of nitrogens with one attached hydrogen (secondary N) is 1. The van der Waals surface area contributed by atoms with Gasteiger partial charge in [-0.3, -0.25) is 4.79 Å². The quantitative estimate of drug-likeness (QED) is 0.550. The molecule has 0 aromatic rings. The molecule has 0 aliphatic heterocycles. The number of carbonyl (C=O) groups excluding carboxylic acids is 1. The van der Waals surface area contributed by atoms with E-state index in [1.165, 1.54) is 6.42 Å². The molecule has 0 aromatic carbocycles. The van der Waals surface area contributed by atoms with Crippen molar-refractivity contribution < 1.29 is 9.53 Å². The number of rotatable bonds is 7. The maximum Gasteiger partial charge on any atom is 0.224 e. The second kappa shape index (κ2) is 9.32. The third-order valence-electron chi connectivity index (χ3n) is 3.79. The summed E-state index contributed by atoms with van der Waals surface area (Å²) in [6, 6.07) is 0.0318. The lowest BCUT2D eigenvalue weighted by atomic mass is 9.95. The van der Waals surface area contributed by atoms with Crippen LogP contribution in [0, 0.1) is 11.8 Å². The molecule has 0 spiro atoms. The van der Waals surface area contributed by atoms with E-state index < -0.39 is 0 Å². The Balaban J connectivity index is 2.12. The van der Waals surface area contributed by atoms with Gasteiger partial charge in [0.2, 0.25) is 5.91 Å². The fourth-order valence-corrected chi connectivity index (χ4v) is 2.46. The van der Waals surface area contributed by atoms with E-state index in [0.29, 0.717) is 19.1 Å². The molecule has 0 heterocycles. The summed E-state index contributed by atoms with van der Waals surface area (Å²) >= 11 is 0. The van der Waals surface area contributed by atoms with E-state index >= 15 is 0 Å². The van der Waals surface area contributed by atoms with Crippen molar-refractivity contribution in [2.75, 3.05) is 19.8 Å². The van der Waals surface area contributed by atoms with Gasteiger partial charge in [0.15, 0.2) is 0 Å². The summed E-state index contributed by atoms with van der Waals surface area (Å²) < 4.78 is 5.49. The third kappa shape index (κ3) is 6.92. The highest BCUT2D eigenvalue weighted by Gasteiger charge is 2.26. The molecular formula is C15H30N2O2. The molecule has 4 nitrogen and oxygen atoms in total. The average Bonchev–Trinajstić information content (AvgIpc) is 2.57. The summed E-state index contributed by atoms with van der Waals surface area (Å²) in [5.41, 5.74) is 6.07. The second-order valence-electron chi connectivity index (χ2n) is 5.99. The van der Waals surface area contributed by atoms with Crippen LogP contribution in [0.15, 0.2) is 0 Å². The first-order valence-corrected chi connectivity index (χ1v) is 7.72. The van der Waals surface area contributed by atoms with Crippen molar-refractivity contribution in [3.8, 4) is 0 Å². The van der Waals surface area contributed by atoms with E-state index in [-0.39, 0.29) is 17.9 Å². The summed E-state index contributed by atoms with van der Waals surface area (Å²) in [7, 11) is 0. The SMILES string of the molecule is CC(C)CCOCCNC(=O)C1CCCCCC1N. The van der Waals surface area contributed by atoms with Crippen LogP contribution in [0.2, 0.25) is 0 Å². The van der Waals surface area contributed by atoms with Crippen molar-refractivity contribution >= 4 is 5.91 Å². The largest absolute Gasteiger partial charge is 0.380 e. The Morgan fingerprint density at radius 3 is 2.74 bits per heavy atom. The van der Waals surface area contributed by atoms with Gasteiger partial charge in [0, 0.05) is 19.2 Å². The Labute approximate surface area is 117 Å². The molecule has 1 rings (SSSR count). The van der Waals surface area contributed by atoms with Gasteiger partial charge < -0.3 is 15.8 Å². The van der Waals surface area contributed by atoms with Crippen molar-refractivity contribution in [2.24, 2.45) is 17.6 Å². The molecule has 1 aliphatic carbocycles. The molecule has 1 fully saturated rings. The van der Waals surface area contributed by atoms with Gasteiger partial charge >= 0.3 is 0 Å². The monoisotopic (exact) mass is 270 g/mol. The highest BCUT2D eigenvalue weighted by molar-refractivity contribution is 5.79. The summed E-state index contributed by atoms with van der Waals surface area (Å²) in [5, 5.41) is 2.95. The first kappa shape index (κ1) is 16.4. The predicted molar refractivity (Wildman–Crippen MR) is 77.8 cm³/mol. The Morgan fingerprint density at radius 1 is 1.26 bits per heavy atom. The minimum Gasteiger partial charge on any atom is -0.380 e. The van der Waals surface area contributed by atoms with Crippen LogP contribution in [0.5, 0.6) is 0 Å². The minimum absolute atomic E-state index is 0.00170. The summed E-state index contributed by atoms with van der Waals surface area (Å²) in [5.74, 6) is 0.776. The van der Waals surface area contributed by atoms with E-state index in [1.54, 1.807) is 0 Å². The molecule has 2 atom stereocenters. The Kier molecular flexibility index (Phi) is 8.07. The first-order valence-electron chi connectivity index (χ1n) is 7.72. The maximum atomic E-state index is 12.1. The number of carbonyl (C=O) groups is 1. The van der Waals surface area contributed by atoms with Gasteiger partial charge in [-0.25, -0.2) is 0 Å². The van der Waals surface area contributed by atoms with Crippen LogP contribution in [0.25, 0.3) is 0 Å². The summed E-state index contributed by atoms with van der Waals surface area (Å²) in [6.07, 6.45) is 6.46. The topological polar surface area (TPSA) is 64.3 Å². The van der Waals surface area contributed by atoms with Gasteiger partial charge in [0.05, 0.1) is 12.5 Å². The second-order valence-corrected chi connectivity index (χ2v) is 5.99. The lowest BCUT2D eigenvalue weighted by molar-refractivity contribution is -0.126. The molecule has 2 unspecified atom stereocenters. The van der Waals surface area contributed by atoms with Crippen LogP contribution in [0.3, 0.4) is 0 Å². The van der Waals surface area contributed by atoms with Crippen LogP contribution >= 0.6 is 0 Å². The molecule has 0 saturated heterocycles. The van der Waals surface area contributed by atoms with Gasteiger partial charge in [-0.1, -0.05) is 33.1 Å². The number of nitrogens with two attached hydrogens (primary N) is 1.